The Kier molecular flexibility index (Phi) is 9.97. The zero-order valence-corrected chi connectivity index (χ0v) is 14.9. The van der Waals surface area contributed by atoms with Crippen molar-refractivity contribution in [1.29, 1.82) is 0 Å². The van der Waals surface area contributed by atoms with Gasteiger partial charge in [-0.25, -0.2) is 0 Å². The first-order valence-corrected chi connectivity index (χ1v) is 8.27. The van der Waals surface area contributed by atoms with Crippen LogP contribution in [0, 0.1) is 0 Å². The molecular weight excluding hydrogens is 300 g/mol. The van der Waals surface area contributed by atoms with Crippen molar-refractivity contribution >= 4 is 11.3 Å². The van der Waals surface area contributed by atoms with Crippen molar-refractivity contribution in [3.05, 3.63) is 66.7 Å². The van der Waals surface area contributed by atoms with Crippen LogP contribution in [0.25, 0.3) is 5.57 Å². The van der Waals surface area contributed by atoms with Gasteiger partial charge in [-0.3, -0.25) is 4.98 Å². The van der Waals surface area contributed by atoms with Gasteiger partial charge in [0.1, 0.15) is 5.76 Å². The number of ether oxygens (including phenoxy) is 2. The molecule has 0 saturated carbocycles. The number of allylic oxidation sites excluding steroid dienone is 6. The van der Waals surface area contributed by atoms with Crippen LogP contribution in [0.2, 0.25) is 0 Å². The smallest absolute Gasteiger partial charge is 0.118 e. The van der Waals surface area contributed by atoms with E-state index in [2.05, 4.69) is 16.9 Å². The Bertz CT molecular complexity index is 572. The van der Waals surface area contributed by atoms with Gasteiger partial charge in [-0.05, 0) is 49.8 Å². The van der Waals surface area contributed by atoms with Crippen LogP contribution in [-0.4, -0.2) is 31.9 Å². The van der Waals surface area contributed by atoms with Crippen molar-refractivity contribution in [2.24, 2.45) is 0 Å². The molecule has 4 heteroatoms. The monoisotopic (exact) mass is 328 g/mol. The molecule has 0 saturated heterocycles. The summed E-state index contributed by atoms with van der Waals surface area (Å²) < 4.78 is 11.1. The van der Waals surface area contributed by atoms with Gasteiger partial charge in [0.2, 0.25) is 0 Å². The summed E-state index contributed by atoms with van der Waals surface area (Å²) >= 11 is 0. The maximum Gasteiger partial charge on any atom is 0.118 e. The third-order valence-electron chi connectivity index (χ3n) is 3.23. The lowest BCUT2D eigenvalue weighted by molar-refractivity contribution is 0.118. The van der Waals surface area contributed by atoms with Crippen LogP contribution in [0.15, 0.2) is 61.0 Å². The third kappa shape index (κ3) is 7.29. The van der Waals surface area contributed by atoms with E-state index in [4.69, 9.17) is 9.47 Å². The number of rotatable bonds is 11. The van der Waals surface area contributed by atoms with E-state index in [1.807, 2.05) is 57.3 Å². The Hall–Kier alpha value is -2.33. The Labute approximate surface area is 145 Å². The molecule has 1 N–H and O–H groups in total. The van der Waals surface area contributed by atoms with Crippen LogP contribution in [0.5, 0.6) is 0 Å². The van der Waals surface area contributed by atoms with Crippen molar-refractivity contribution in [3.8, 4) is 0 Å². The van der Waals surface area contributed by atoms with Crippen LogP contribution >= 0.6 is 0 Å². The van der Waals surface area contributed by atoms with E-state index in [1.165, 1.54) is 0 Å². The predicted molar refractivity (Wildman–Crippen MR) is 102 cm³/mol. The largest absolute Gasteiger partial charge is 0.494 e. The summed E-state index contributed by atoms with van der Waals surface area (Å²) in [5, 5.41) is 3.06. The Balaban J connectivity index is 2.77. The van der Waals surface area contributed by atoms with E-state index < -0.39 is 0 Å². The number of aromatic nitrogens is 1. The van der Waals surface area contributed by atoms with E-state index in [0.29, 0.717) is 6.61 Å². The number of nitrogens with zero attached hydrogens (tertiary/aromatic N) is 1. The zero-order valence-electron chi connectivity index (χ0n) is 14.9. The molecule has 24 heavy (non-hydrogen) atoms. The normalized spacial score (nSPS) is 12.5. The number of pyridine rings is 1. The molecule has 0 amide bonds. The molecule has 0 radical (unpaired) electrons. The lowest BCUT2D eigenvalue weighted by Gasteiger charge is -2.07. The molecule has 1 aromatic heterocycles. The molecule has 1 aromatic rings. The predicted octanol–water partition coefficient (Wildman–Crippen LogP) is 4.60. The number of anilines is 1. The molecule has 0 spiro atoms. The molecule has 0 aliphatic carbocycles. The summed E-state index contributed by atoms with van der Waals surface area (Å²) in [5.41, 5.74) is 2.79. The minimum atomic E-state index is 0.628. The van der Waals surface area contributed by atoms with Crippen LogP contribution in [-0.2, 0) is 9.47 Å². The summed E-state index contributed by atoms with van der Waals surface area (Å²) in [6, 6.07) is 3.95. The second-order valence-electron chi connectivity index (χ2n) is 4.98. The highest BCUT2D eigenvalue weighted by molar-refractivity contribution is 5.73. The minimum Gasteiger partial charge on any atom is -0.494 e. The molecule has 1 rings (SSSR count). The molecule has 0 bridgehead atoms. The first kappa shape index (κ1) is 19.7. The zero-order chi connectivity index (χ0) is 17.6. The van der Waals surface area contributed by atoms with Crippen molar-refractivity contribution < 1.29 is 9.47 Å². The highest BCUT2D eigenvalue weighted by Crippen LogP contribution is 2.16. The topological polar surface area (TPSA) is 43.4 Å². The molecule has 0 aromatic carbocycles. The maximum absolute atomic E-state index is 5.78. The van der Waals surface area contributed by atoms with Gasteiger partial charge in [0.15, 0.2) is 0 Å². The molecular formula is C20H28N2O2. The summed E-state index contributed by atoms with van der Waals surface area (Å²) in [6.45, 7) is 9.91. The second-order valence-corrected chi connectivity index (χ2v) is 4.98. The number of hydrogen-bond donors (Lipinski definition) is 1. The van der Waals surface area contributed by atoms with Gasteiger partial charge in [0, 0.05) is 26.7 Å². The van der Waals surface area contributed by atoms with E-state index in [0.717, 1.165) is 42.3 Å². The van der Waals surface area contributed by atoms with Gasteiger partial charge < -0.3 is 14.8 Å². The molecule has 0 aliphatic heterocycles. The summed E-state index contributed by atoms with van der Waals surface area (Å²) in [4.78, 5) is 4.43. The van der Waals surface area contributed by atoms with E-state index in [9.17, 15) is 0 Å². The SMILES string of the molecule is C=C\C(=C/C=C(\C=C/C)OCCCOCC)c1ccc(NC)cn1. The summed E-state index contributed by atoms with van der Waals surface area (Å²) in [7, 11) is 1.87. The van der Waals surface area contributed by atoms with Crippen LogP contribution in [0.3, 0.4) is 0 Å². The van der Waals surface area contributed by atoms with Crippen LogP contribution in [0.4, 0.5) is 5.69 Å². The molecule has 0 atom stereocenters. The third-order valence-corrected chi connectivity index (χ3v) is 3.23. The van der Waals surface area contributed by atoms with E-state index >= 15 is 0 Å². The highest BCUT2D eigenvalue weighted by atomic mass is 16.5. The fourth-order valence-electron chi connectivity index (χ4n) is 1.95. The minimum absolute atomic E-state index is 0.628. The average Bonchev–Trinajstić information content (AvgIpc) is 2.62. The Morgan fingerprint density at radius 2 is 2.12 bits per heavy atom. The maximum atomic E-state index is 5.78. The number of nitrogens with one attached hydrogen (secondary N) is 1. The fourth-order valence-corrected chi connectivity index (χ4v) is 1.95. The number of hydrogen-bond acceptors (Lipinski definition) is 4. The molecule has 0 unspecified atom stereocenters. The first-order chi connectivity index (χ1) is 11.7. The quantitative estimate of drug-likeness (QED) is 0.366. The second kappa shape index (κ2) is 12.1. The molecule has 0 aliphatic rings. The van der Waals surface area contributed by atoms with Crippen molar-refractivity contribution in [2.45, 2.75) is 20.3 Å². The van der Waals surface area contributed by atoms with E-state index in [1.54, 1.807) is 12.3 Å². The Morgan fingerprint density at radius 1 is 1.29 bits per heavy atom. The average molecular weight is 328 g/mol. The molecule has 4 nitrogen and oxygen atoms in total. The van der Waals surface area contributed by atoms with Crippen LogP contribution in [0.1, 0.15) is 26.0 Å². The van der Waals surface area contributed by atoms with Gasteiger partial charge in [-0.15, -0.1) is 0 Å². The molecule has 1 heterocycles. The van der Waals surface area contributed by atoms with Gasteiger partial charge in [0.25, 0.3) is 0 Å². The van der Waals surface area contributed by atoms with Gasteiger partial charge in [-0.1, -0.05) is 18.7 Å². The molecule has 130 valence electrons. The van der Waals surface area contributed by atoms with Crippen molar-refractivity contribution in [1.82, 2.24) is 4.98 Å². The van der Waals surface area contributed by atoms with Crippen molar-refractivity contribution in [2.75, 3.05) is 32.2 Å². The molecule has 0 fully saturated rings. The Morgan fingerprint density at radius 3 is 2.71 bits per heavy atom. The lowest BCUT2D eigenvalue weighted by atomic mass is 10.1. The fraction of sp³-hybridized carbons (Fsp3) is 0.350. The lowest BCUT2D eigenvalue weighted by Crippen LogP contribution is -2.00. The van der Waals surface area contributed by atoms with Gasteiger partial charge in [-0.2, -0.15) is 0 Å². The van der Waals surface area contributed by atoms with Gasteiger partial charge in [0.05, 0.1) is 24.2 Å². The standard InChI is InChI=1S/C20H28N2O2/c1-5-9-19(24-15-8-14-23-7-3)12-10-17(6-2)20-13-11-18(21-4)16-22-20/h5-6,9-13,16,21H,2,7-8,14-15H2,1,3-4H3/b9-5-,17-10+,19-12+. The summed E-state index contributed by atoms with van der Waals surface area (Å²) in [5.74, 6) is 0.806. The van der Waals surface area contributed by atoms with E-state index in [-0.39, 0.29) is 0 Å². The first-order valence-electron chi connectivity index (χ1n) is 8.27. The van der Waals surface area contributed by atoms with Crippen molar-refractivity contribution in [3.63, 3.8) is 0 Å². The highest BCUT2D eigenvalue weighted by Gasteiger charge is 1.99. The van der Waals surface area contributed by atoms with Crippen LogP contribution < -0.4 is 5.32 Å². The summed E-state index contributed by atoms with van der Waals surface area (Å²) in [6.07, 6.45) is 12.3. The van der Waals surface area contributed by atoms with Gasteiger partial charge >= 0.3 is 0 Å².